The normalized spacial score (nSPS) is 17.2. The van der Waals surface area contributed by atoms with Gasteiger partial charge in [0.15, 0.2) is 6.73 Å². The Kier molecular flexibility index (Phi) is 14.9. The van der Waals surface area contributed by atoms with E-state index in [9.17, 15) is 0 Å². The fourth-order valence-electron chi connectivity index (χ4n) is 2.89. The van der Waals surface area contributed by atoms with Gasteiger partial charge in [0.2, 0.25) is 0 Å². The number of unbranched alkanes of at least 4 members (excludes halogenated alkanes) is 9. The summed E-state index contributed by atoms with van der Waals surface area (Å²) in [6, 6.07) is 0. The van der Waals surface area contributed by atoms with Gasteiger partial charge in [-0.1, -0.05) is 64.7 Å². The molecule has 1 rings (SSSR count). The Morgan fingerprint density at radius 1 is 0.818 bits per heavy atom. The molecular weight excluding hydrogens is 298 g/mol. The van der Waals surface area contributed by atoms with E-state index in [4.69, 9.17) is 9.47 Å². The maximum atomic E-state index is 5.86. The number of morpholine rings is 1. The zero-order valence-corrected chi connectivity index (χ0v) is 15.7. The highest BCUT2D eigenvalue weighted by Crippen LogP contribution is 2.11. The molecule has 0 N–H and O–H groups in total. The van der Waals surface area contributed by atoms with Crippen molar-refractivity contribution in [2.75, 3.05) is 46.7 Å². The zero-order chi connectivity index (χ0) is 15.2. The largest absolute Gasteiger partial charge is 1.00 e. The van der Waals surface area contributed by atoms with E-state index in [2.05, 4.69) is 14.0 Å². The van der Waals surface area contributed by atoms with Crippen LogP contribution in [0.3, 0.4) is 0 Å². The molecule has 0 saturated carbocycles. The molecule has 1 aliphatic heterocycles. The number of quaternary nitrogens is 1. The highest BCUT2D eigenvalue weighted by molar-refractivity contribution is 4.47. The number of hydrogen-bond donors (Lipinski definition) is 0. The van der Waals surface area contributed by atoms with Crippen LogP contribution in [-0.4, -0.2) is 51.2 Å². The molecule has 1 fully saturated rings. The van der Waals surface area contributed by atoms with Gasteiger partial charge in [-0.15, -0.1) is 0 Å². The monoisotopic (exact) mass is 335 g/mol. The predicted octanol–water partition coefficient (Wildman–Crippen LogP) is 1.36. The molecule has 0 aromatic heterocycles. The summed E-state index contributed by atoms with van der Waals surface area (Å²) in [5, 5.41) is 0. The molecule has 0 aromatic carbocycles. The number of nitrogens with zero attached hydrogens (tertiary/aromatic N) is 1. The van der Waals surface area contributed by atoms with Crippen molar-refractivity contribution in [3.05, 3.63) is 0 Å². The standard InChI is InChI=1S/C18H38NO2.ClH/c1-3-4-5-6-7-8-9-10-11-12-15-21-18-19(2)13-16-20-17-14-19;/h3-18H2,1-2H3;1H/q+1;/p-1. The van der Waals surface area contributed by atoms with E-state index in [-0.39, 0.29) is 12.4 Å². The summed E-state index contributed by atoms with van der Waals surface area (Å²) in [6.07, 6.45) is 13.9. The lowest BCUT2D eigenvalue weighted by Crippen LogP contribution is -3.00. The van der Waals surface area contributed by atoms with Crippen molar-refractivity contribution in [2.24, 2.45) is 0 Å². The first-order chi connectivity index (χ1) is 10.3. The third-order valence-corrected chi connectivity index (χ3v) is 4.60. The first kappa shape index (κ1) is 22.2. The number of likely N-dealkylation sites (N-methyl/N-ethyl adjacent to an activating group) is 1. The fourth-order valence-corrected chi connectivity index (χ4v) is 2.89. The molecule has 0 spiro atoms. The molecule has 3 nitrogen and oxygen atoms in total. The number of halogens is 1. The Hall–Kier alpha value is 0.170. The average Bonchev–Trinajstić information content (AvgIpc) is 2.49. The van der Waals surface area contributed by atoms with E-state index < -0.39 is 0 Å². The summed E-state index contributed by atoms with van der Waals surface area (Å²) in [6.45, 7) is 8.04. The van der Waals surface area contributed by atoms with Gasteiger partial charge in [-0.25, -0.2) is 0 Å². The molecule has 0 atom stereocenters. The van der Waals surface area contributed by atoms with Crippen LogP contribution in [0.15, 0.2) is 0 Å². The van der Waals surface area contributed by atoms with Crippen molar-refractivity contribution in [1.29, 1.82) is 0 Å². The summed E-state index contributed by atoms with van der Waals surface area (Å²) >= 11 is 0. The van der Waals surface area contributed by atoms with Crippen LogP contribution in [0.2, 0.25) is 0 Å². The van der Waals surface area contributed by atoms with Gasteiger partial charge < -0.3 is 21.9 Å². The van der Waals surface area contributed by atoms with E-state index in [1.54, 1.807) is 0 Å². The van der Waals surface area contributed by atoms with E-state index in [0.717, 1.165) is 44.1 Å². The van der Waals surface area contributed by atoms with Crippen molar-refractivity contribution >= 4 is 0 Å². The van der Waals surface area contributed by atoms with Crippen molar-refractivity contribution in [3.63, 3.8) is 0 Å². The number of hydrogen-bond acceptors (Lipinski definition) is 2. The maximum Gasteiger partial charge on any atom is 0.183 e. The first-order valence-corrected chi connectivity index (χ1v) is 9.26. The molecule has 0 aliphatic carbocycles. The van der Waals surface area contributed by atoms with Crippen molar-refractivity contribution in [3.8, 4) is 0 Å². The molecule has 1 heterocycles. The SMILES string of the molecule is CCCCCCCCCCCCOC[N+]1(C)CCOCC1.[Cl-]. The second-order valence-corrected chi connectivity index (χ2v) is 6.90. The number of ether oxygens (including phenoxy) is 2. The van der Waals surface area contributed by atoms with Crippen LogP contribution >= 0.6 is 0 Å². The predicted molar refractivity (Wildman–Crippen MR) is 89.4 cm³/mol. The molecule has 0 unspecified atom stereocenters. The Labute approximate surface area is 144 Å². The summed E-state index contributed by atoms with van der Waals surface area (Å²) in [4.78, 5) is 0. The first-order valence-electron chi connectivity index (χ1n) is 9.26. The second kappa shape index (κ2) is 14.7. The molecule has 22 heavy (non-hydrogen) atoms. The fraction of sp³-hybridized carbons (Fsp3) is 1.00. The van der Waals surface area contributed by atoms with Crippen molar-refractivity contribution < 1.29 is 26.4 Å². The molecule has 1 saturated heterocycles. The van der Waals surface area contributed by atoms with Crippen LogP contribution in [-0.2, 0) is 9.47 Å². The lowest BCUT2D eigenvalue weighted by molar-refractivity contribution is -0.934. The van der Waals surface area contributed by atoms with E-state index in [1.807, 2.05) is 0 Å². The Morgan fingerprint density at radius 2 is 1.32 bits per heavy atom. The highest BCUT2D eigenvalue weighted by Gasteiger charge is 2.24. The van der Waals surface area contributed by atoms with Crippen LogP contribution in [0.4, 0.5) is 0 Å². The minimum absolute atomic E-state index is 0. The van der Waals surface area contributed by atoms with E-state index in [1.165, 1.54) is 64.2 Å². The molecule has 0 radical (unpaired) electrons. The summed E-state index contributed by atoms with van der Waals surface area (Å²) in [5.74, 6) is 0. The van der Waals surface area contributed by atoms with Gasteiger partial charge >= 0.3 is 0 Å². The molecular formula is C18H38ClNO2. The Bertz CT molecular complexity index is 233. The van der Waals surface area contributed by atoms with Crippen molar-refractivity contribution in [1.82, 2.24) is 0 Å². The van der Waals surface area contributed by atoms with Crippen LogP contribution in [0.5, 0.6) is 0 Å². The number of rotatable bonds is 13. The van der Waals surface area contributed by atoms with Gasteiger partial charge in [0.05, 0.1) is 26.9 Å². The van der Waals surface area contributed by atoms with Gasteiger partial charge in [0.1, 0.15) is 13.1 Å². The van der Waals surface area contributed by atoms with Gasteiger partial charge in [0, 0.05) is 0 Å². The third-order valence-electron chi connectivity index (χ3n) is 4.60. The Balaban J connectivity index is 0.00000441. The quantitative estimate of drug-likeness (QED) is 0.374. The molecule has 0 amide bonds. The molecule has 1 aliphatic rings. The minimum Gasteiger partial charge on any atom is -1.00 e. The third kappa shape index (κ3) is 11.7. The second-order valence-electron chi connectivity index (χ2n) is 6.90. The molecule has 4 heteroatoms. The van der Waals surface area contributed by atoms with E-state index in [0.29, 0.717) is 0 Å². The average molecular weight is 336 g/mol. The van der Waals surface area contributed by atoms with Gasteiger partial charge in [0.25, 0.3) is 0 Å². The van der Waals surface area contributed by atoms with E-state index >= 15 is 0 Å². The summed E-state index contributed by atoms with van der Waals surface area (Å²) in [7, 11) is 2.28. The Morgan fingerprint density at radius 3 is 1.86 bits per heavy atom. The lowest BCUT2D eigenvalue weighted by atomic mass is 10.1. The lowest BCUT2D eigenvalue weighted by Gasteiger charge is -2.36. The van der Waals surface area contributed by atoms with Gasteiger partial charge in [-0.2, -0.15) is 0 Å². The van der Waals surface area contributed by atoms with Crippen LogP contribution in [0, 0.1) is 0 Å². The minimum atomic E-state index is 0. The highest BCUT2D eigenvalue weighted by atomic mass is 35.5. The van der Waals surface area contributed by atoms with Gasteiger partial charge in [-0.05, 0) is 6.42 Å². The smallest absolute Gasteiger partial charge is 0.183 e. The maximum absolute atomic E-state index is 5.86. The van der Waals surface area contributed by atoms with Crippen LogP contribution < -0.4 is 12.4 Å². The molecule has 0 aromatic rings. The molecule has 0 bridgehead atoms. The van der Waals surface area contributed by atoms with Crippen LogP contribution in [0.1, 0.15) is 71.1 Å². The molecule has 134 valence electrons. The van der Waals surface area contributed by atoms with Crippen molar-refractivity contribution in [2.45, 2.75) is 71.1 Å². The van der Waals surface area contributed by atoms with Crippen LogP contribution in [0.25, 0.3) is 0 Å². The zero-order valence-electron chi connectivity index (χ0n) is 15.0. The van der Waals surface area contributed by atoms with Gasteiger partial charge in [-0.3, -0.25) is 4.48 Å². The summed E-state index contributed by atoms with van der Waals surface area (Å²) < 4.78 is 12.3. The summed E-state index contributed by atoms with van der Waals surface area (Å²) in [5.41, 5.74) is 0. The topological polar surface area (TPSA) is 18.5 Å².